The molecule has 0 aliphatic carbocycles. The van der Waals surface area contributed by atoms with Crippen LogP contribution in [0.5, 0.6) is 0 Å². The summed E-state index contributed by atoms with van der Waals surface area (Å²) in [6.07, 6.45) is 3.34. The van der Waals surface area contributed by atoms with Gasteiger partial charge in [0.15, 0.2) is 0 Å². The van der Waals surface area contributed by atoms with E-state index < -0.39 is 0 Å². The van der Waals surface area contributed by atoms with E-state index >= 15 is 0 Å². The van der Waals surface area contributed by atoms with Crippen LogP contribution in [0.25, 0.3) is 0 Å². The van der Waals surface area contributed by atoms with Crippen LogP contribution in [0, 0.1) is 11.8 Å². The molecule has 0 aromatic carbocycles. The first-order valence-corrected chi connectivity index (χ1v) is 7.57. The number of carbonyl (C=O) groups excluding carboxylic acids is 1. The van der Waals surface area contributed by atoms with E-state index in [-0.39, 0.29) is 17.4 Å². The molecule has 2 aliphatic rings. The third kappa shape index (κ3) is 3.48. The van der Waals surface area contributed by atoms with Gasteiger partial charge in [-0.15, -0.1) is 0 Å². The van der Waals surface area contributed by atoms with Gasteiger partial charge in [0.05, 0.1) is 13.1 Å². The Kier molecular flexibility index (Phi) is 4.85. The third-order valence-corrected chi connectivity index (χ3v) is 4.23. The molecule has 0 unspecified atom stereocenters. The van der Waals surface area contributed by atoms with Crippen molar-refractivity contribution in [1.82, 2.24) is 4.90 Å². The second-order valence-electron chi connectivity index (χ2n) is 6.22. The lowest BCUT2D eigenvalue weighted by Crippen LogP contribution is -2.67. The Morgan fingerprint density at radius 1 is 1.47 bits per heavy atom. The first kappa shape index (κ1) is 14.8. The van der Waals surface area contributed by atoms with E-state index in [9.17, 15) is 4.79 Å². The molecule has 4 nitrogen and oxygen atoms in total. The standard InChI is InChI=1S/C15H27NO3/c1-4-18-7-5-13-6-8-19-15(9-13)10-16(11-15)14(17)12(2)3/h12-13H,4-11H2,1-3H3/t13-/m0/s1. The lowest BCUT2D eigenvalue weighted by Gasteiger charge is -2.53. The molecule has 1 spiro atoms. The highest BCUT2D eigenvalue weighted by Gasteiger charge is 2.49. The fraction of sp³-hybridized carbons (Fsp3) is 0.933. The normalized spacial score (nSPS) is 25.7. The number of hydrogen-bond acceptors (Lipinski definition) is 3. The summed E-state index contributed by atoms with van der Waals surface area (Å²) in [6.45, 7) is 10.0. The summed E-state index contributed by atoms with van der Waals surface area (Å²) < 4.78 is 11.4. The lowest BCUT2D eigenvalue weighted by molar-refractivity contribution is -0.191. The van der Waals surface area contributed by atoms with E-state index in [1.54, 1.807) is 0 Å². The summed E-state index contributed by atoms with van der Waals surface area (Å²) in [5.74, 6) is 1.04. The molecule has 1 atom stereocenters. The number of likely N-dealkylation sites (tertiary alicyclic amines) is 1. The van der Waals surface area contributed by atoms with Gasteiger partial charge in [-0.3, -0.25) is 4.79 Å². The van der Waals surface area contributed by atoms with Crippen LogP contribution in [-0.2, 0) is 14.3 Å². The molecule has 0 aromatic heterocycles. The zero-order valence-electron chi connectivity index (χ0n) is 12.5. The predicted molar refractivity (Wildman–Crippen MR) is 73.9 cm³/mol. The summed E-state index contributed by atoms with van der Waals surface area (Å²) in [6, 6.07) is 0. The molecule has 2 saturated heterocycles. The van der Waals surface area contributed by atoms with Gasteiger partial charge in [-0.2, -0.15) is 0 Å². The molecule has 0 N–H and O–H groups in total. The summed E-state index contributed by atoms with van der Waals surface area (Å²) in [5, 5.41) is 0. The lowest BCUT2D eigenvalue weighted by atomic mass is 9.79. The van der Waals surface area contributed by atoms with Crippen LogP contribution < -0.4 is 0 Å². The maximum atomic E-state index is 11.9. The Balaban J connectivity index is 1.78. The fourth-order valence-corrected chi connectivity index (χ4v) is 3.16. The molecule has 2 fully saturated rings. The van der Waals surface area contributed by atoms with Gasteiger partial charge >= 0.3 is 0 Å². The first-order chi connectivity index (χ1) is 9.06. The van der Waals surface area contributed by atoms with Crippen LogP contribution in [0.4, 0.5) is 0 Å². The second-order valence-corrected chi connectivity index (χ2v) is 6.22. The molecule has 2 rings (SSSR count). The minimum Gasteiger partial charge on any atom is -0.382 e. The van der Waals surface area contributed by atoms with Crippen LogP contribution in [0.3, 0.4) is 0 Å². The summed E-state index contributed by atoms with van der Waals surface area (Å²) in [4.78, 5) is 13.8. The summed E-state index contributed by atoms with van der Waals surface area (Å²) >= 11 is 0. The van der Waals surface area contributed by atoms with Crippen molar-refractivity contribution < 1.29 is 14.3 Å². The molecule has 110 valence electrons. The minimum absolute atomic E-state index is 0.0420. The van der Waals surface area contributed by atoms with Gasteiger partial charge in [-0.1, -0.05) is 13.8 Å². The topological polar surface area (TPSA) is 38.8 Å². The minimum atomic E-state index is -0.0420. The van der Waals surface area contributed by atoms with Gasteiger partial charge in [0.2, 0.25) is 5.91 Å². The summed E-state index contributed by atoms with van der Waals surface area (Å²) in [7, 11) is 0. The highest BCUT2D eigenvalue weighted by molar-refractivity contribution is 5.79. The number of rotatable bonds is 5. The number of nitrogens with zero attached hydrogens (tertiary/aromatic N) is 1. The average molecular weight is 269 g/mol. The van der Waals surface area contributed by atoms with E-state index in [0.717, 1.165) is 52.2 Å². The maximum Gasteiger partial charge on any atom is 0.225 e. The number of ether oxygens (including phenoxy) is 2. The molecule has 4 heteroatoms. The smallest absolute Gasteiger partial charge is 0.225 e. The Morgan fingerprint density at radius 3 is 2.84 bits per heavy atom. The third-order valence-electron chi connectivity index (χ3n) is 4.23. The van der Waals surface area contributed by atoms with E-state index in [1.807, 2.05) is 25.7 Å². The van der Waals surface area contributed by atoms with Crippen molar-refractivity contribution in [3.63, 3.8) is 0 Å². The van der Waals surface area contributed by atoms with Gasteiger partial charge in [0.25, 0.3) is 0 Å². The molecule has 0 bridgehead atoms. The molecular weight excluding hydrogens is 242 g/mol. The zero-order valence-corrected chi connectivity index (χ0v) is 12.5. The van der Waals surface area contributed by atoms with Crippen molar-refractivity contribution in [2.45, 2.75) is 45.6 Å². The van der Waals surface area contributed by atoms with Crippen molar-refractivity contribution in [2.75, 3.05) is 32.9 Å². The number of amides is 1. The van der Waals surface area contributed by atoms with Crippen molar-refractivity contribution in [2.24, 2.45) is 11.8 Å². The second kappa shape index (κ2) is 6.23. The van der Waals surface area contributed by atoms with Gasteiger partial charge in [0, 0.05) is 25.7 Å². The first-order valence-electron chi connectivity index (χ1n) is 7.57. The summed E-state index contributed by atoms with van der Waals surface area (Å²) in [5.41, 5.74) is -0.0420. The quantitative estimate of drug-likeness (QED) is 0.717. The highest BCUT2D eigenvalue weighted by Crippen LogP contribution is 2.38. The van der Waals surface area contributed by atoms with E-state index in [0.29, 0.717) is 5.92 Å². The van der Waals surface area contributed by atoms with Crippen LogP contribution in [0.1, 0.15) is 40.0 Å². The zero-order chi connectivity index (χ0) is 13.9. The van der Waals surface area contributed by atoms with Gasteiger partial charge in [-0.25, -0.2) is 0 Å². The Hall–Kier alpha value is -0.610. The van der Waals surface area contributed by atoms with Crippen LogP contribution in [-0.4, -0.2) is 49.3 Å². The Morgan fingerprint density at radius 2 is 2.21 bits per heavy atom. The molecule has 2 heterocycles. The van der Waals surface area contributed by atoms with Crippen LogP contribution in [0.2, 0.25) is 0 Å². The van der Waals surface area contributed by atoms with Crippen LogP contribution in [0.15, 0.2) is 0 Å². The average Bonchev–Trinajstić information content (AvgIpc) is 2.35. The Bertz CT molecular complexity index is 311. The van der Waals surface area contributed by atoms with E-state index in [4.69, 9.17) is 9.47 Å². The predicted octanol–water partition coefficient (Wildman–Crippen LogP) is 2.08. The Labute approximate surface area is 116 Å². The molecule has 0 aromatic rings. The largest absolute Gasteiger partial charge is 0.382 e. The monoisotopic (exact) mass is 269 g/mol. The SMILES string of the molecule is CCOCC[C@H]1CCOC2(C1)CN(C(=O)C(C)C)C2. The highest BCUT2D eigenvalue weighted by atomic mass is 16.5. The van der Waals surface area contributed by atoms with Crippen molar-refractivity contribution >= 4 is 5.91 Å². The maximum absolute atomic E-state index is 11.9. The van der Waals surface area contributed by atoms with Gasteiger partial charge in [-0.05, 0) is 32.1 Å². The van der Waals surface area contributed by atoms with Crippen molar-refractivity contribution in [3.8, 4) is 0 Å². The van der Waals surface area contributed by atoms with Gasteiger partial charge in [0.1, 0.15) is 5.60 Å². The molecule has 0 radical (unpaired) electrons. The van der Waals surface area contributed by atoms with Crippen LogP contribution >= 0.6 is 0 Å². The molecular formula is C15H27NO3. The molecule has 1 amide bonds. The molecule has 0 saturated carbocycles. The number of carbonyl (C=O) groups is 1. The van der Waals surface area contributed by atoms with E-state index in [2.05, 4.69) is 0 Å². The van der Waals surface area contributed by atoms with Crippen molar-refractivity contribution in [1.29, 1.82) is 0 Å². The van der Waals surface area contributed by atoms with Crippen molar-refractivity contribution in [3.05, 3.63) is 0 Å². The molecule has 2 aliphatic heterocycles. The number of hydrogen-bond donors (Lipinski definition) is 0. The molecule has 19 heavy (non-hydrogen) atoms. The van der Waals surface area contributed by atoms with E-state index in [1.165, 1.54) is 0 Å². The van der Waals surface area contributed by atoms with Gasteiger partial charge < -0.3 is 14.4 Å². The fourth-order valence-electron chi connectivity index (χ4n) is 3.16.